The molecular formula is C11H16ClNO4S. The molecule has 0 fully saturated rings. The Morgan fingerprint density at radius 3 is 2.61 bits per heavy atom. The molecule has 0 amide bonds. The van der Waals surface area contributed by atoms with E-state index in [1.54, 1.807) is 13.2 Å². The third-order valence-electron chi connectivity index (χ3n) is 2.24. The molecule has 0 saturated heterocycles. The fraction of sp³-hybridized carbons (Fsp3) is 0.455. The summed E-state index contributed by atoms with van der Waals surface area (Å²) in [6, 6.07) is 4.60. The monoisotopic (exact) mass is 293 g/mol. The summed E-state index contributed by atoms with van der Waals surface area (Å²) in [5, 5.41) is 0.131. The number of halogens is 1. The largest absolute Gasteiger partial charge is 0.398 e. The fourth-order valence-electron chi connectivity index (χ4n) is 1.37. The van der Waals surface area contributed by atoms with Gasteiger partial charge in [-0.15, -0.1) is 0 Å². The topological polar surface area (TPSA) is 78.6 Å². The molecule has 0 heterocycles. The van der Waals surface area contributed by atoms with Gasteiger partial charge in [-0.1, -0.05) is 17.7 Å². The van der Waals surface area contributed by atoms with Crippen molar-refractivity contribution in [2.75, 3.05) is 38.4 Å². The van der Waals surface area contributed by atoms with Gasteiger partial charge in [0.1, 0.15) is 4.90 Å². The molecule has 18 heavy (non-hydrogen) atoms. The average molecular weight is 294 g/mol. The van der Waals surface area contributed by atoms with Gasteiger partial charge in [0.05, 0.1) is 36.3 Å². The van der Waals surface area contributed by atoms with Crippen molar-refractivity contribution in [2.24, 2.45) is 0 Å². The van der Waals surface area contributed by atoms with E-state index >= 15 is 0 Å². The Morgan fingerprint density at radius 2 is 2.00 bits per heavy atom. The van der Waals surface area contributed by atoms with Crippen molar-refractivity contribution < 1.29 is 17.9 Å². The summed E-state index contributed by atoms with van der Waals surface area (Å²) in [4.78, 5) is -0.0259. The lowest BCUT2D eigenvalue weighted by Crippen LogP contribution is -2.16. The highest BCUT2D eigenvalue weighted by Crippen LogP contribution is 2.27. The lowest BCUT2D eigenvalue weighted by molar-refractivity contribution is 0.0785. The van der Waals surface area contributed by atoms with Crippen LogP contribution in [0.1, 0.15) is 0 Å². The maximum Gasteiger partial charge on any atom is 0.184 e. The molecule has 7 heteroatoms. The van der Waals surface area contributed by atoms with E-state index in [0.717, 1.165) is 0 Å². The van der Waals surface area contributed by atoms with Crippen LogP contribution in [-0.4, -0.2) is 41.1 Å². The van der Waals surface area contributed by atoms with Crippen LogP contribution < -0.4 is 5.73 Å². The molecule has 0 aliphatic heterocycles. The Morgan fingerprint density at radius 1 is 1.28 bits per heavy atom. The number of anilines is 1. The Kier molecular flexibility index (Phi) is 5.87. The van der Waals surface area contributed by atoms with E-state index in [2.05, 4.69) is 0 Å². The summed E-state index contributed by atoms with van der Waals surface area (Å²) in [5.74, 6) is -0.162. The molecule has 5 nitrogen and oxygen atoms in total. The molecule has 0 saturated carbocycles. The smallest absolute Gasteiger partial charge is 0.184 e. The molecule has 0 unspecified atom stereocenters. The van der Waals surface area contributed by atoms with Crippen LogP contribution in [0, 0.1) is 0 Å². The zero-order chi connectivity index (χ0) is 13.6. The van der Waals surface area contributed by atoms with Gasteiger partial charge in [0, 0.05) is 7.11 Å². The number of hydrogen-bond donors (Lipinski definition) is 1. The molecule has 0 aliphatic carbocycles. The van der Waals surface area contributed by atoms with Crippen LogP contribution in [0.4, 0.5) is 5.69 Å². The highest BCUT2D eigenvalue weighted by Gasteiger charge is 2.20. The number of nitrogens with two attached hydrogens (primary N) is 1. The van der Waals surface area contributed by atoms with Crippen LogP contribution in [0.3, 0.4) is 0 Å². The van der Waals surface area contributed by atoms with Crippen molar-refractivity contribution in [3.8, 4) is 0 Å². The summed E-state index contributed by atoms with van der Waals surface area (Å²) in [6.45, 7) is 0.856. The normalized spacial score (nSPS) is 11.7. The standard InChI is InChI=1S/C11H16ClNO4S/c1-16-5-6-17-7-8-18(14,15)11-9(12)3-2-4-10(11)13/h2-4H,5-8,13H2,1H3. The minimum absolute atomic E-state index is 0.0259. The number of methoxy groups -OCH3 is 1. The van der Waals surface area contributed by atoms with Crippen molar-refractivity contribution in [1.82, 2.24) is 0 Å². The van der Waals surface area contributed by atoms with Crippen LogP contribution in [0.5, 0.6) is 0 Å². The van der Waals surface area contributed by atoms with Gasteiger partial charge in [-0.05, 0) is 12.1 Å². The van der Waals surface area contributed by atoms with Crippen LogP contribution in [0.2, 0.25) is 5.02 Å². The van der Waals surface area contributed by atoms with Crippen LogP contribution in [0.25, 0.3) is 0 Å². The van der Waals surface area contributed by atoms with E-state index in [1.807, 2.05) is 0 Å². The van der Waals surface area contributed by atoms with E-state index in [4.69, 9.17) is 26.8 Å². The van der Waals surface area contributed by atoms with Gasteiger partial charge in [0.2, 0.25) is 0 Å². The number of ether oxygens (including phenoxy) is 2. The second-order valence-corrected chi connectivity index (χ2v) is 6.04. The van der Waals surface area contributed by atoms with Crippen LogP contribution in [0.15, 0.2) is 23.1 Å². The molecule has 1 aromatic carbocycles. The van der Waals surface area contributed by atoms with Crippen LogP contribution in [-0.2, 0) is 19.3 Å². The lowest BCUT2D eigenvalue weighted by Gasteiger charge is -2.09. The first kappa shape index (κ1) is 15.2. The van der Waals surface area contributed by atoms with E-state index in [9.17, 15) is 8.42 Å². The first-order chi connectivity index (χ1) is 8.49. The van der Waals surface area contributed by atoms with Gasteiger partial charge < -0.3 is 15.2 Å². The third-order valence-corrected chi connectivity index (χ3v) is 4.45. The molecule has 102 valence electrons. The number of benzene rings is 1. The lowest BCUT2D eigenvalue weighted by atomic mass is 10.3. The van der Waals surface area contributed by atoms with E-state index < -0.39 is 9.84 Å². The van der Waals surface area contributed by atoms with Crippen LogP contribution >= 0.6 is 11.6 Å². The molecule has 0 radical (unpaired) electrons. The third kappa shape index (κ3) is 4.13. The molecule has 0 bridgehead atoms. The highest BCUT2D eigenvalue weighted by atomic mass is 35.5. The van der Waals surface area contributed by atoms with Gasteiger partial charge in [-0.3, -0.25) is 0 Å². The van der Waals surface area contributed by atoms with Crippen molar-refractivity contribution in [2.45, 2.75) is 4.90 Å². The van der Waals surface area contributed by atoms with Crippen molar-refractivity contribution >= 4 is 27.1 Å². The van der Waals surface area contributed by atoms with Gasteiger partial charge in [0.25, 0.3) is 0 Å². The number of rotatable bonds is 7. The minimum Gasteiger partial charge on any atom is -0.398 e. The van der Waals surface area contributed by atoms with E-state index in [0.29, 0.717) is 13.2 Å². The molecule has 1 rings (SSSR count). The highest BCUT2D eigenvalue weighted by molar-refractivity contribution is 7.91. The van der Waals surface area contributed by atoms with E-state index in [1.165, 1.54) is 12.1 Å². The fourth-order valence-corrected chi connectivity index (χ4v) is 3.24. The maximum absolute atomic E-state index is 12.0. The quantitative estimate of drug-likeness (QED) is 0.606. The molecule has 1 aromatic rings. The molecular weight excluding hydrogens is 278 g/mol. The summed E-state index contributed by atoms with van der Waals surface area (Å²) in [6.07, 6.45) is 0. The predicted molar refractivity (Wildman–Crippen MR) is 70.6 cm³/mol. The number of nitrogen functional groups attached to an aromatic ring is 1. The minimum atomic E-state index is -3.53. The van der Waals surface area contributed by atoms with Gasteiger partial charge in [-0.25, -0.2) is 8.42 Å². The zero-order valence-electron chi connectivity index (χ0n) is 10.1. The van der Waals surface area contributed by atoms with Gasteiger partial charge in [-0.2, -0.15) is 0 Å². The molecule has 0 atom stereocenters. The SMILES string of the molecule is COCCOCCS(=O)(=O)c1c(N)cccc1Cl. The van der Waals surface area contributed by atoms with Crippen molar-refractivity contribution in [3.05, 3.63) is 23.2 Å². The van der Waals surface area contributed by atoms with E-state index in [-0.39, 0.29) is 28.0 Å². The Hall–Kier alpha value is -0.820. The number of hydrogen-bond acceptors (Lipinski definition) is 5. The Balaban J connectivity index is 2.69. The average Bonchev–Trinajstić information content (AvgIpc) is 2.28. The molecule has 0 aromatic heterocycles. The van der Waals surface area contributed by atoms with Gasteiger partial charge >= 0.3 is 0 Å². The number of sulfone groups is 1. The second kappa shape index (κ2) is 6.94. The first-order valence-electron chi connectivity index (χ1n) is 5.32. The Bertz CT molecular complexity index is 470. The summed E-state index contributed by atoms with van der Waals surface area (Å²) in [5.41, 5.74) is 5.79. The van der Waals surface area contributed by atoms with Gasteiger partial charge in [0.15, 0.2) is 9.84 Å². The molecule has 2 N–H and O–H groups in total. The van der Waals surface area contributed by atoms with Crippen molar-refractivity contribution in [1.29, 1.82) is 0 Å². The molecule has 0 aliphatic rings. The summed E-state index contributed by atoms with van der Waals surface area (Å²) < 4.78 is 34.0. The first-order valence-corrected chi connectivity index (χ1v) is 7.35. The predicted octanol–water partition coefficient (Wildman–Crippen LogP) is 1.36. The Labute approximate surface area is 112 Å². The zero-order valence-corrected chi connectivity index (χ0v) is 11.6. The summed E-state index contributed by atoms with van der Waals surface area (Å²) >= 11 is 5.86. The maximum atomic E-state index is 12.0. The summed E-state index contributed by atoms with van der Waals surface area (Å²) in [7, 11) is -1.99. The molecule has 0 spiro atoms. The second-order valence-electron chi connectivity index (χ2n) is 3.58. The van der Waals surface area contributed by atoms with Crippen molar-refractivity contribution in [3.63, 3.8) is 0 Å².